The molecule has 104 valence electrons. The van der Waals surface area contributed by atoms with Crippen molar-refractivity contribution >= 4 is 5.78 Å². The van der Waals surface area contributed by atoms with E-state index in [-0.39, 0.29) is 24.2 Å². The minimum absolute atomic E-state index is 0.0681. The van der Waals surface area contributed by atoms with E-state index in [0.717, 1.165) is 0 Å². The fourth-order valence-corrected chi connectivity index (χ4v) is 3.89. The number of aliphatic hydroxyl groups excluding tert-OH is 2. The van der Waals surface area contributed by atoms with Gasteiger partial charge in [-0.25, -0.2) is 0 Å². The van der Waals surface area contributed by atoms with Gasteiger partial charge in [-0.2, -0.15) is 0 Å². The molecule has 1 saturated heterocycles. The number of aliphatic hydroxyl groups is 2. The molecule has 0 unspecified atom stereocenters. The lowest BCUT2D eigenvalue weighted by atomic mass is 9.56. The highest BCUT2D eigenvalue weighted by Gasteiger charge is 2.74. The number of hydrogen-bond acceptors (Lipinski definition) is 4. The molecule has 2 fully saturated rings. The predicted octanol–water partition coefficient (Wildman–Crippen LogP) is 0.977. The van der Waals surface area contributed by atoms with E-state index in [1.54, 1.807) is 6.92 Å². The quantitative estimate of drug-likeness (QED) is 0.547. The van der Waals surface area contributed by atoms with Crippen molar-refractivity contribution in [2.75, 3.05) is 0 Å². The average Bonchev–Trinajstić information content (AvgIpc) is 3.08. The second kappa shape index (κ2) is 3.57. The molecular formula is C15H20O4. The molecule has 0 aromatic carbocycles. The van der Waals surface area contributed by atoms with E-state index in [4.69, 9.17) is 4.74 Å². The van der Waals surface area contributed by atoms with Crippen molar-refractivity contribution in [2.45, 2.75) is 51.1 Å². The van der Waals surface area contributed by atoms with Gasteiger partial charge in [0.15, 0.2) is 11.4 Å². The van der Waals surface area contributed by atoms with Crippen LogP contribution in [-0.2, 0) is 9.53 Å². The number of hydrogen-bond donors (Lipinski definition) is 2. The molecule has 0 aromatic heterocycles. The van der Waals surface area contributed by atoms with Crippen LogP contribution in [0.3, 0.4) is 0 Å². The predicted molar refractivity (Wildman–Crippen MR) is 69.4 cm³/mol. The molecule has 0 amide bonds. The van der Waals surface area contributed by atoms with E-state index in [2.05, 4.69) is 6.58 Å². The Bertz CT molecular complexity index is 508. The molecule has 0 radical (unpaired) electrons. The van der Waals surface area contributed by atoms with Gasteiger partial charge in [-0.15, -0.1) is 0 Å². The minimum Gasteiger partial charge on any atom is -0.393 e. The molecule has 0 bridgehead atoms. The van der Waals surface area contributed by atoms with Crippen LogP contribution in [0.1, 0.15) is 27.2 Å². The molecule has 4 heteroatoms. The zero-order chi connectivity index (χ0) is 14.2. The lowest BCUT2D eigenvalue weighted by molar-refractivity contribution is -0.119. The Labute approximate surface area is 112 Å². The van der Waals surface area contributed by atoms with Gasteiger partial charge >= 0.3 is 0 Å². The van der Waals surface area contributed by atoms with Crippen molar-refractivity contribution in [1.82, 2.24) is 0 Å². The largest absolute Gasteiger partial charge is 0.393 e. The third-order valence-corrected chi connectivity index (χ3v) is 5.42. The maximum atomic E-state index is 12.3. The Morgan fingerprint density at radius 2 is 2.16 bits per heavy atom. The van der Waals surface area contributed by atoms with Crippen LogP contribution < -0.4 is 0 Å². The normalized spacial score (nSPS) is 52.1. The summed E-state index contributed by atoms with van der Waals surface area (Å²) in [7, 11) is 0. The van der Waals surface area contributed by atoms with Crippen molar-refractivity contribution in [3.05, 3.63) is 23.8 Å². The lowest BCUT2D eigenvalue weighted by Crippen LogP contribution is -2.54. The van der Waals surface area contributed by atoms with Crippen LogP contribution in [0.15, 0.2) is 23.8 Å². The summed E-state index contributed by atoms with van der Waals surface area (Å²) in [5, 5.41) is 20.3. The van der Waals surface area contributed by atoms with Crippen LogP contribution in [0.5, 0.6) is 0 Å². The first-order valence-corrected chi connectivity index (χ1v) is 6.72. The highest BCUT2D eigenvalue weighted by atomic mass is 16.6. The first-order chi connectivity index (χ1) is 8.76. The van der Waals surface area contributed by atoms with Crippen LogP contribution in [-0.4, -0.2) is 39.9 Å². The van der Waals surface area contributed by atoms with Gasteiger partial charge in [0, 0.05) is 11.8 Å². The van der Waals surface area contributed by atoms with Gasteiger partial charge in [-0.05, 0) is 30.1 Å². The van der Waals surface area contributed by atoms with E-state index in [9.17, 15) is 15.0 Å². The molecule has 3 rings (SSSR count). The second-order valence-electron chi connectivity index (χ2n) is 6.37. The van der Waals surface area contributed by atoms with E-state index < -0.39 is 23.2 Å². The number of ether oxygens (including phenoxy) is 1. The van der Waals surface area contributed by atoms with Crippen LogP contribution in [0.25, 0.3) is 0 Å². The van der Waals surface area contributed by atoms with Crippen LogP contribution in [0.2, 0.25) is 0 Å². The van der Waals surface area contributed by atoms with E-state index in [1.807, 2.05) is 13.8 Å². The maximum absolute atomic E-state index is 12.3. The van der Waals surface area contributed by atoms with E-state index in [0.29, 0.717) is 11.1 Å². The fraction of sp³-hybridized carbons (Fsp3) is 0.667. The van der Waals surface area contributed by atoms with Gasteiger partial charge < -0.3 is 14.9 Å². The first-order valence-electron chi connectivity index (χ1n) is 6.72. The number of carbonyl (C=O) groups is 1. The van der Waals surface area contributed by atoms with Crippen molar-refractivity contribution in [2.24, 2.45) is 11.3 Å². The molecule has 4 nitrogen and oxygen atoms in total. The van der Waals surface area contributed by atoms with Gasteiger partial charge in [-0.3, -0.25) is 4.79 Å². The first kappa shape index (κ1) is 13.0. The summed E-state index contributed by atoms with van der Waals surface area (Å²) in [6.45, 7) is 9.59. The molecule has 6 atom stereocenters. The summed E-state index contributed by atoms with van der Waals surface area (Å²) < 4.78 is 5.76. The highest BCUT2D eigenvalue weighted by molar-refractivity contribution is 6.04. The van der Waals surface area contributed by atoms with Gasteiger partial charge in [0.1, 0.15) is 6.10 Å². The molecule has 1 heterocycles. The summed E-state index contributed by atoms with van der Waals surface area (Å²) >= 11 is 0. The fourth-order valence-electron chi connectivity index (χ4n) is 3.89. The number of carbonyl (C=O) groups excluding carboxylic acids is 1. The van der Waals surface area contributed by atoms with Crippen molar-refractivity contribution in [3.63, 3.8) is 0 Å². The number of epoxide rings is 1. The smallest absolute Gasteiger partial charge is 0.194 e. The molecule has 0 spiro atoms. The Morgan fingerprint density at radius 1 is 1.53 bits per heavy atom. The molecular weight excluding hydrogens is 244 g/mol. The third-order valence-electron chi connectivity index (χ3n) is 5.42. The summed E-state index contributed by atoms with van der Waals surface area (Å²) in [6, 6.07) is 0. The SMILES string of the molecule is C=C(C)[C@@]12O[C@@H]1[C@@]1(C)C(=CC2=O)[C@@H](O)C[C@@H](O)[C@@H]1C. The Morgan fingerprint density at radius 3 is 2.74 bits per heavy atom. The molecule has 1 saturated carbocycles. The molecule has 3 aliphatic rings. The van der Waals surface area contributed by atoms with Crippen molar-refractivity contribution < 1.29 is 19.7 Å². The van der Waals surface area contributed by atoms with Gasteiger partial charge in [0.2, 0.25) is 0 Å². The summed E-state index contributed by atoms with van der Waals surface area (Å²) in [4.78, 5) is 12.3. The van der Waals surface area contributed by atoms with Gasteiger partial charge in [0.05, 0.1) is 12.2 Å². The molecule has 2 aliphatic carbocycles. The highest BCUT2D eigenvalue weighted by Crippen LogP contribution is 2.63. The topological polar surface area (TPSA) is 70.1 Å². The molecule has 19 heavy (non-hydrogen) atoms. The monoisotopic (exact) mass is 264 g/mol. The number of ketones is 1. The van der Waals surface area contributed by atoms with Gasteiger partial charge in [0.25, 0.3) is 0 Å². The van der Waals surface area contributed by atoms with Crippen LogP contribution in [0, 0.1) is 11.3 Å². The molecule has 1 aliphatic heterocycles. The van der Waals surface area contributed by atoms with Crippen molar-refractivity contribution in [3.8, 4) is 0 Å². The number of rotatable bonds is 1. The van der Waals surface area contributed by atoms with E-state index >= 15 is 0 Å². The third kappa shape index (κ3) is 1.32. The molecule has 2 N–H and O–H groups in total. The van der Waals surface area contributed by atoms with Gasteiger partial charge in [-0.1, -0.05) is 20.4 Å². The zero-order valence-electron chi connectivity index (χ0n) is 11.5. The summed E-state index contributed by atoms with van der Waals surface area (Å²) in [5.41, 5.74) is -0.0387. The minimum atomic E-state index is -0.927. The molecule has 0 aromatic rings. The van der Waals surface area contributed by atoms with Crippen LogP contribution >= 0.6 is 0 Å². The standard InChI is InChI=1S/C15H20O4/c1-7(2)15-12(18)5-9-11(17)6-10(16)8(3)14(9,4)13(15)19-15/h5,8,10-11,13,16-17H,1,6H2,2-4H3/t8-,10+,11-,13+,14+,15-/m0/s1. The average molecular weight is 264 g/mol. The Balaban J connectivity index is 2.14. The summed E-state index contributed by atoms with van der Waals surface area (Å²) in [6.07, 6.45) is 0.128. The zero-order valence-corrected chi connectivity index (χ0v) is 11.5. The Kier molecular flexibility index (Phi) is 2.45. The van der Waals surface area contributed by atoms with Crippen molar-refractivity contribution in [1.29, 1.82) is 0 Å². The Hall–Kier alpha value is -0.970. The lowest BCUT2D eigenvalue weighted by Gasteiger charge is -2.48. The summed E-state index contributed by atoms with van der Waals surface area (Å²) in [5.74, 6) is -0.193. The maximum Gasteiger partial charge on any atom is 0.194 e. The van der Waals surface area contributed by atoms with Crippen LogP contribution in [0.4, 0.5) is 0 Å². The number of fused-ring (bicyclic) bond motifs is 3. The van der Waals surface area contributed by atoms with E-state index in [1.165, 1.54) is 6.08 Å². The second-order valence-corrected chi connectivity index (χ2v) is 6.37.